The molecule has 2 N–H and O–H groups in total. The second-order valence-corrected chi connectivity index (χ2v) is 3.46. The molecule has 0 aromatic carbocycles. The van der Waals surface area contributed by atoms with Gasteiger partial charge in [-0.15, -0.1) is 0 Å². The molecular formula is C6H5N5S2. The first kappa shape index (κ1) is 8.27. The Bertz CT molecular complexity index is 418. The van der Waals surface area contributed by atoms with Gasteiger partial charge in [0, 0.05) is 23.3 Å². The zero-order valence-electron chi connectivity index (χ0n) is 6.41. The number of nitrogens with zero attached hydrogens (tertiary/aromatic N) is 4. The van der Waals surface area contributed by atoms with Crippen LogP contribution in [0.5, 0.6) is 0 Å². The van der Waals surface area contributed by atoms with Gasteiger partial charge in [0.2, 0.25) is 5.13 Å². The summed E-state index contributed by atoms with van der Waals surface area (Å²) >= 11 is 6.05. The van der Waals surface area contributed by atoms with E-state index in [-0.39, 0.29) is 0 Å². The van der Waals surface area contributed by atoms with Gasteiger partial charge >= 0.3 is 0 Å². The third-order valence-electron chi connectivity index (χ3n) is 1.41. The molecule has 0 amide bonds. The van der Waals surface area contributed by atoms with Gasteiger partial charge < -0.3 is 5.73 Å². The summed E-state index contributed by atoms with van der Waals surface area (Å²) < 4.78 is 5.45. The maximum absolute atomic E-state index is 5.43. The summed E-state index contributed by atoms with van der Waals surface area (Å²) in [7, 11) is 0. The van der Waals surface area contributed by atoms with E-state index in [0.717, 1.165) is 5.56 Å². The van der Waals surface area contributed by atoms with Gasteiger partial charge in [-0.05, 0) is 0 Å². The van der Waals surface area contributed by atoms with E-state index >= 15 is 0 Å². The van der Waals surface area contributed by atoms with Crippen molar-refractivity contribution < 1.29 is 0 Å². The molecule has 0 bridgehead atoms. The fourth-order valence-electron chi connectivity index (χ4n) is 0.823. The first-order chi connectivity index (χ1) is 6.27. The Labute approximate surface area is 83.4 Å². The van der Waals surface area contributed by atoms with E-state index < -0.39 is 0 Å². The van der Waals surface area contributed by atoms with Crippen LogP contribution in [0.15, 0.2) is 18.7 Å². The number of rotatable bonds is 2. The molecule has 5 nitrogen and oxygen atoms in total. The highest BCUT2D eigenvalue weighted by molar-refractivity contribution is 7.80. The van der Waals surface area contributed by atoms with Gasteiger partial charge in [-0.25, -0.2) is 9.67 Å². The maximum Gasteiger partial charge on any atom is 0.229 e. The summed E-state index contributed by atoms with van der Waals surface area (Å²) in [6, 6.07) is 0. The van der Waals surface area contributed by atoms with Crippen molar-refractivity contribution in [1.82, 2.24) is 19.1 Å². The van der Waals surface area contributed by atoms with Crippen molar-refractivity contribution in [2.24, 2.45) is 5.73 Å². The third-order valence-corrected chi connectivity index (χ3v) is 2.30. The third kappa shape index (κ3) is 1.56. The molecule has 2 aromatic rings. The fourth-order valence-corrected chi connectivity index (χ4v) is 1.39. The van der Waals surface area contributed by atoms with Gasteiger partial charge in [0.25, 0.3) is 0 Å². The Morgan fingerprint density at radius 2 is 2.46 bits per heavy atom. The molecule has 0 aliphatic carbocycles. The standard InChI is InChI=1S/C6H5N5S2/c7-5(12)4-1-9-11(2-4)6-8-3-10-13-6/h1-3H,(H2,7,12). The summed E-state index contributed by atoms with van der Waals surface area (Å²) in [4.78, 5) is 4.31. The zero-order chi connectivity index (χ0) is 9.26. The summed E-state index contributed by atoms with van der Waals surface area (Å²) in [6.45, 7) is 0. The molecular weight excluding hydrogens is 206 g/mol. The lowest BCUT2D eigenvalue weighted by molar-refractivity contribution is 0.869. The molecule has 0 radical (unpaired) electrons. The van der Waals surface area contributed by atoms with Crippen LogP contribution in [0.2, 0.25) is 0 Å². The van der Waals surface area contributed by atoms with Crippen LogP contribution in [0, 0.1) is 0 Å². The van der Waals surface area contributed by atoms with Crippen LogP contribution < -0.4 is 5.73 Å². The largest absolute Gasteiger partial charge is 0.389 e. The van der Waals surface area contributed by atoms with Crippen LogP contribution in [-0.4, -0.2) is 24.1 Å². The number of hydrogen-bond donors (Lipinski definition) is 1. The van der Waals surface area contributed by atoms with Crippen LogP contribution in [0.4, 0.5) is 0 Å². The van der Waals surface area contributed by atoms with E-state index in [2.05, 4.69) is 14.5 Å². The minimum absolute atomic E-state index is 0.329. The predicted octanol–water partition coefficient (Wildman–Crippen LogP) is 0.358. The zero-order valence-corrected chi connectivity index (χ0v) is 8.05. The minimum atomic E-state index is 0.329. The van der Waals surface area contributed by atoms with Crippen molar-refractivity contribution in [1.29, 1.82) is 0 Å². The first-order valence-corrected chi connectivity index (χ1v) is 4.57. The maximum atomic E-state index is 5.43. The molecule has 0 spiro atoms. The molecule has 66 valence electrons. The lowest BCUT2D eigenvalue weighted by Gasteiger charge is -1.90. The molecule has 0 saturated carbocycles. The molecule has 0 aliphatic heterocycles. The van der Waals surface area contributed by atoms with Crippen LogP contribution in [0.25, 0.3) is 5.13 Å². The molecule has 2 heterocycles. The summed E-state index contributed by atoms with van der Waals surface area (Å²) in [5.74, 6) is 0. The van der Waals surface area contributed by atoms with Crippen molar-refractivity contribution >= 4 is 28.7 Å². The normalized spacial score (nSPS) is 10.2. The summed E-state index contributed by atoms with van der Waals surface area (Å²) in [5, 5.41) is 4.73. The Kier molecular flexibility index (Phi) is 2.03. The van der Waals surface area contributed by atoms with E-state index in [9.17, 15) is 0 Å². The number of thiocarbonyl (C=S) groups is 1. The van der Waals surface area contributed by atoms with Crippen molar-refractivity contribution in [3.63, 3.8) is 0 Å². The van der Waals surface area contributed by atoms with Crippen LogP contribution in [-0.2, 0) is 0 Å². The molecule has 13 heavy (non-hydrogen) atoms. The molecule has 0 fully saturated rings. The number of hydrogen-bond acceptors (Lipinski definition) is 5. The lowest BCUT2D eigenvalue weighted by Crippen LogP contribution is -2.07. The molecule has 0 atom stereocenters. The fraction of sp³-hybridized carbons (Fsp3) is 0. The number of nitrogens with two attached hydrogens (primary N) is 1. The smallest absolute Gasteiger partial charge is 0.229 e. The van der Waals surface area contributed by atoms with Gasteiger partial charge in [-0.1, -0.05) is 12.2 Å². The predicted molar refractivity (Wildman–Crippen MR) is 52.9 cm³/mol. The van der Waals surface area contributed by atoms with E-state index in [4.69, 9.17) is 18.0 Å². The molecule has 0 saturated heterocycles. The second-order valence-electron chi connectivity index (χ2n) is 2.26. The van der Waals surface area contributed by atoms with Crippen LogP contribution in [0.1, 0.15) is 5.56 Å². The van der Waals surface area contributed by atoms with Crippen molar-refractivity contribution in [3.05, 3.63) is 24.3 Å². The monoisotopic (exact) mass is 211 g/mol. The SMILES string of the molecule is NC(=S)c1cnn(-c2ncns2)c1. The average Bonchev–Trinajstić information content (AvgIpc) is 2.75. The van der Waals surface area contributed by atoms with Gasteiger partial charge in [-0.3, -0.25) is 0 Å². The molecule has 7 heteroatoms. The van der Waals surface area contributed by atoms with Gasteiger partial charge in [0.15, 0.2) is 0 Å². The van der Waals surface area contributed by atoms with E-state index in [1.165, 1.54) is 17.9 Å². The lowest BCUT2D eigenvalue weighted by atomic mass is 10.4. The van der Waals surface area contributed by atoms with Crippen molar-refractivity contribution in [2.45, 2.75) is 0 Å². The molecule has 2 aromatic heterocycles. The first-order valence-electron chi connectivity index (χ1n) is 3.39. The summed E-state index contributed by atoms with van der Waals surface area (Å²) in [5.41, 5.74) is 6.15. The topological polar surface area (TPSA) is 69.6 Å². The highest BCUT2D eigenvalue weighted by Gasteiger charge is 2.04. The second kappa shape index (κ2) is 3.19. The van der Waals surface area contributed by atoms with Crippen LogP contribution >= 0.6 is 23.8 Å². The Morgan fingerprint density at radius 1 is 1.62 bits per heavy atom. The average molecular weight is 211 g/mol. The number of aromatic nitrogens is 4. The summed E-state index contributed by atoms with van der Waals surface area (Å²) in [6.07, 6.45) is 4.80. The van der Waals surface area contributed by atoms with E-state index in [0.29, 0.717) is 10.1 Å². The van der Waals surface area contributed by atoms with Gasteiger partial charge in [0.1, 0.15) is 11.3 Å². The molecule has 2 rings (SSSR count). The molecule has 0 unspecified atom stereocenters. The quantitative estimate of drug-likeness (QED) is 0.726. The van der Waals surface area contributed by atoms with Crippen molar-refractivity contribution in [3.8, 4) is 5.13 Å². The van der Waals surface area contributed by atoms with Gasteiger partial charge in [0.05, 0.1) is 6.20 Å². The minimum Gasteiger partial charge on any atom is -0.389 e. The highest BCUT2D eigenvalue weighted by Crippen LogP contribution is 2.07. The van der Waals surface area contributed by atoms with E-state index in [1.54, 1.807) is 17.1 Å². The van der Waals surface area contributed by atoms with Gasteiger partial charge in [-0.2, -0.15) is 9.47 Å². The van der Waals surface area contributed by atoms with Crippen molar-refractivity contribution in [2.75, 3.05) is 0 Å². The Hall–Kier alpha value is -1.34. The van der Waals surface area contributed by atoms with Crippen LogP contribution in [0.3, 0.4) is 0 Å². The highest BCUT2D eigenvalue weighted by atomic mass is 32.1. The van der Waals surface area contributed by atoms with E-state index in [1.807, 2.05) is 0 Å². The Balaban J connectivity index is 2.39. The molecule has 0 aliphatic rings. The Morgan fingerprint density at radius 3 is 3.00 bits per heavy atom.